The third-order valence-corrected chi connectivity index (χ3v) is 8.72. The van der Waals surface area contributed by atoms with Gasteiger partial charge in [-0.3, -0.25) is 9.46 Å². The molecule has 0 aliphatic heterocycles. The Kier molecular flexibility index (Phi) is 5.11. The molecular formula is C26H25F2N7OS. The van der Waals surface area contributed by atoms with Crippen LogP contribution in [0.3, 0.4) is 0 Å². The highest BCUT2D eigenvalue weighted by Crippen LogP contribution is 2.69. The van der Waals surface area contributed by atoms with E-state index in [-0.39, 0.29) is 28.5 Å². The minimum absolute atomic E-state index is 0.0146. The van der Waals surface area contributed by atoms with Gasteiger partial charge in [-0.05, 0) is 54.0 Å². The molecule has 190 valence electrons. The number of halogens is 2. The van der Waals surface area contributed by atoms with Crippen LogP contribution in [-0.2, 0) is 21.0 Å². The van der Waals surface area contributed by atoms with Crippen LogP contribution in [0.25, 0.3) is 22.6 Å². The van der Waals surface area contributed by atoms with Crippen molar-refractivity contribution in [3.05, 3.63) is 77.5 Å². The predicted octanol–water partition coefficient (Wildman–Crippen LogP) is 4.91. The van der Waals surface area contributed by atoms with Crippen molar-refractivity contribution in [2.45, 2.75) is 43.9 Å². The molecule has 0 amide bonds. The summed E-state index contributed by atoms with van der Waals surface area (Å²) in [5.41, 5.74) is 2.39. The molecule has 37 heavy (non-hydrogen) atoms. The third-order valence-electron chi connectivity index (χ3n) is 7.96. The predicted molar refractivity (Wildman–Crippen MR) is 134 cm³/mol. The SMILES string of the molecule is CC1(C)[C@H]2CC[C@]1(c1ccnc(-c3cnn(C[S@](C)(=N)=O)c3)n1)c1nnc(-c3c(F)cccc3F)cc12. The average Bonchev–Trinajstić information content (AvgIpc) is 3.45. The normalized spacial score (nSPS) is 23.1. The van der Waals surface area contributed by atoms with E-state index in [1.54, 1.807) is 24.7 Å². The van der Waals surface area contributed by atoms with Crippen LogP contribution in [0.15, 0.2) is 48.9 Å². The van der Waals surface area contributed by atoms with E-state index in [0.29, 0.717) is 11.4 Å². The molecule has 11 heteroatoms. The second-order valence-corrected chi connectivity index (χ2v) is 12.8. The first kappa shape index (κ1) is 23.8. The molecule has 1 fully saturated rings. The Labute approximate surface area is 213 Å². The molecule has 4 aromatic rings. The topological polar surface area (TPSA) is 110 Å². The van der Waals surface area contributed by atoms with Crippen molar-refractivity contribution in [2.75, 3.05) is 6.26 Å². The molecule has 0 unspecified atom stereocenters. The van der Waals surface area contributed by atoms with Crippen LogP contribution in [0.1, 0.15) is 49.6 Å². The fourth-order valence-corrected chi connectivity index (χ4v) is 6.94. The molecule has 0 radical (unpaired) electrons. The van der Waals surface area contributed by atoms with Crippen LogP contribution < -0.4 is 0 Å². The fourth-order valence-electron chi connectivity index (χ4n) is 6.29. The van der Waals surface area contributed by atoms with E-state index in [2.05, 4.69) is 34.1 Å². The van der Waals surface area contributed by atoms with Gasteiger partial charge >= 0.3 is 0 Å². The van der Waals surface area contributed by atoms with Gasteiger partial charge in [0.1, 0.15) is 17.5 Å². The molecule has 1 saturated carbocycles. The minimum atomic E-state index is -2.76. The van der Waals surface area contributed by atoms with Crippen LogP contribution >= 0.6 is 0 Å². The van der Waals surface area contributed by atoms with E-state index in [9.17, 15) is 13.0 Å². The van der Waals surface area contributed by atoms with Gasteiger partial charge in [-0.1, -0.05) is 19.9 Å². The number of fused-ring (bicyclic) bond motifs is 5. The Morgan fingerprint density at radius 2 is 1.95 bits per heavy atom. The molecular weight excluding hydrogens is 496 g/mol. The second-order valence-electron chi connectivity index (χ2n) is 10.5. The number of nitrogens with zero attached hydrogens (tertiary/aromatic N) is 6. The Morgan fingerprint density at radius 1 is 1.19 bits per heavy atom. The molecule has 2 aliphatic rings. The van der Waals surface area contributed by atoms with Crippen LogP contribution in [-0.4, -0.2) is 40.4 Å². The standard InChI is InChI=1S/C26H25F2N7OS/c1-25(2)17-7-9-26(25,23-16(17)11-20(33-34-23)22-18(27)5-4-6-19(22)28)21-8-10-30-24(32-21)15-12-31-35(13-15)14-37(3,29)36/h4-6,8,10-13,17,29H,7,9,14H2,1-3H3/t17-,26-,37+/m0/s1. The molecule has 8 nitrogen and oxygen atoms in total. The van der Waals surface area contributed by atoms with Gasteiger partial charge < -0.3 is 0 Å². The van der Waals surface area contributed by atoms with Crippen molar-refractivity contribution < 1.29 is 13.0 Å². The van der Waals surface area contributed by atoms with Crippen LogP contribution in [0, 0.1) is 21.8 Å². The van der Waals surface area contributed by atoms with Crippen LogP contribution in [0.5, 0.6) is 0 Å². The molecule has 3 heterocycles. The van der Waals surface area contributed by atoms with Gasteiger partial charge in [0.2, 0.25) is 0 Å². The monoisotopic (exact) mass is 521 g/mol. The molecule has 1 N–H and O–H groups in total. The first-order valence-electron chi connectivity index (χ1n) is 11.9. The van der Waals surface area contributed by atoms with Crippen molar-refractivity contribution in [1.82, 2.24) is 29.9 Å². The number of hydrogen-bond donors (Lipinski definition) is 1. The van der Waals surface area contributed by atoms with E-state index in [4.69, 9.17) is 9.76 Å². The summed E-state index contributed by atoms with van der Waals surface area (Å²) in [6, 6.07) is 7.45. The number of nitrogens with one attached hydrogen (secondary N) is 1. The van der Waals surface area contributed by atoms with Crippen molar-refractivity contribution in [3.63, 3.8) is 0 Å². The third kappa shape index (κ3) is 3.51. The summed E-state index contributed by atoms with van der Waals surface area (Å²) < 4.78 is 50.0. The van der Waals surface area contributed by atoms with Gasteiger partial charge in [-0.15, -0.1) is 5.10 Å². The Bertz CT molecular complexity index is 1650. The summed E-state index contributed by atoms with van der Waals surface area (Å²) in [5.74, 6) is -0.758. The summed E-state index contributed by atoms with van der Waals surface area (Å²) in [6.45, 7) is 4.36. The molecule has 0 saturated heterocycles. The Balaban J connectivity index is 1.45. The smallest absolute Gasteiger partial charge is 0.162 e. The average molecular weight is 522 g/mol. The van der Waals surface area contributed by atoms with E-state index < -0.39 is 26.8 Å². The molecule has 2 bridgehead atoms. The molecule has 6 rings (SSSR count). The van der Waals surface area contributed by atoms with Gasteiger partial charge in [0.05, 0.1) is 49.5 Å². The number of aromatic nitrogens is 6. The molecule has 1 aromatic carbocycles. The highest BCUT2D eigenvalue weighted by molar-refractivity contribution is 7.90. The highest BCUT2D eigenvalue weighted by Gasteiger charge is 2.65. The quantitative estimate of drug-likeness (QED) is 0.400. The van der Waals surface area contributed by atoms with Crippen LogP contribution in [0.2, 0.25) is 0 Å². The van der Waals surface area contributed by atoms with Crippen molar-refractivity contribution >= 4 is 9.73 Å². The van der Waals surface area contributed by atoms with Crippen molar-refractivity contribution in [3.8, 4) is 22.6 Å². The zero-order chi connectivity index (χ0) is 26.2. The Hall–Kier alpha value is -3.60. The second kappa shape index (κ2) is 7.95. The summed E-state index contributed by atoms with van der Waals surface area (Å²) >= 11 is 0. The number of benzene rings is 1. The lowest BCUT2D eigenvalue weighted by atomic mass is 9.66. The van der Waals surface area contributed by atoms with Gasteiger partial charge in [0.25, 0.3) is 0 Å². The first-order valence-corrected chi connectivity index (χ1v) is 14.0. The van der Waals surface area contributed by atoms with Gasteiger partial charge in [0, 0.05) is 18.6 Å². The molecule has 2 aliphatic carbocycles. The largest absolute Gasteiger partial charge is 0.259 e. The fraction of sp³-hybridized carbons (Fsp3) is 0.346. The summed E-state index contributed by atoms with van der Waals surface area (Å²) in [4.78, 5) is 9.38. The minimum Gasteiger partial charge on any atom is -0.259 e. The summed E-state index contributed by atoms with van der Waals surface area (Å²) in [6.07, 6.45) is 8.06. The Morgan fingerprint density at radius 3 is 2.68 bits per heavy atom. The molecule has 0 spiro atoms. The zero-order valence-electron chi connectivity index (χ0n) is 20.6. The summed E-state index contributed by atoms with van der Waals surface area (Å²) in [5, 5.41) is 13.1. The maximum atomic E-state index is 14.5. The lowest BCUT2D eigenvalue weighted by Gasteiger charge is -2.37. The molecule has 3 aromatic heterocycles. The van der Waals surface area contributed by atoms with Gasteiger partial charge in [-0.25, -0.2) is 23.0 Å². The van der Waals surface area contributed by atoms with E-state index >= 15 is 0 Å². The van der Waals surface area contributed by atoms with E-state index in [0.717, 1.165) is 29.8 Å². The number of rotatable bonds is 5. The maximum Gasteiger partial charge on any atom is 0.162 e. The summed E-state index contributed by atoms with van der Waals surface area (Å²) in [7, 11) is -2.76. The van der Waals surface area contributed by atoms with E-state index in [1.165, 1.54) is 29.1 Å². The van der Waals surface area contributed by atoms with Crippen LogP contribution in [0.4, 0.5) is 8.78 Å². The zero-order valence-corrected chi connectivity index (χ0v) is 21.4. The first-order chi connectivity index (χ1) is 17.5. The van der Waals surface area contributed by atoms with Crippen molar-refractivity contribution in [1.29, 1.82) is 4.78 Å². The number of hydrogen-bond acceptors (Lipinski definition) is 7. The highest BCUT2D eigenvalue weighted by atomic mass is 32.2. The van der Waals surface area contributed by atoms with E-state index in [1.807, 2.05) is 6.07 Å². The van der Waals surface area contributed by atoms with Crippen molar-refractivity contribution in [2.24, 2.45) is 5.41 Å². The van der Waals surface area contributed by atoms with Gasteiger partial charge in [0.15, 0.2) is 5.82 Å². The van der Waals surface area contributed by atoms with Gasteiger partial charge in [-0.2, -0.15) is 10.2 Å². The maximum absolute atomic E-state index is 14.5. The lowest BCUT2D eigenvalue weighted by molar-refractivity contribution is 0.243. The molecule has 3 atom stereocenters. The lowest BCUT2D eigenvalue weighted by Crippen LogP contribution is -2.38.